The van der Waals surface area contributed by atoms with E-state index < -0.39 is 0 Å². The lowest BCUT2D eigenvalue weighted by molar-refractivity contribution is -0.126. The van der Waals surface area contributed by atoms with Crippen molar-refractivity contribution in [1.82, 2.24) is 9.80 Å². The number of carbonyl (C=O) groups excluding carboxylic acids is 1. The van der Waals surface area contributed by atoms with Gasteiger partial charge in [0.2, 0.25) is 0 Å². The fraction of sp³-hybridized carbons (Fsp3) is 0.550. The van der Waals surface area contributed by atoms with E-state index in [4.69, 9.17) is 9.47 Å². The Hall–Kier alpha value is -1.85. The fourth-order valence-corrected chi connectivity index (χ4v) is 4.19. The van der Waals surface area contributed by atoms with E-state index in [9.17, 15) is 4.79 Å². The number of hydrogen-bond acceptors (Lipinski definition) is 4. The molecule has 1 amide bonds. The van der Waals surface area contributed by atoms with Crippen LogP contribution >= 0.6 is 0 Å². The van der Waals surface area contributed by atoms with Crippen molar-refractivity contribution in [2.75, 3.05) is 46.0 Å². The number of fused-ring (bicyclic) bond motifs is 1. The van der Waals surface area contributed by atoms with Crippen molar-refractivity contribution in [3.63, 3.8) is 0 Å². The van der Waals surface area contributed by atoms with Crippen molar-refractivity contribution in [3.8, 4) is 5.75 Å². The van der Waals surface area contributed by atoms with Crippen LogP contribution in [0.15, 0.2) is 29.8 Å². The average Bonchev–Trinajstić information content (AvgIpc) is 3.12. The quantitative estimate of drug-likeness (QED) is 0.843. The van der Waals surface area contributed by atoms with Gasteiger partial charge in [0.15, 0.2) is 0 Å². The summed E-state index contributed by atoms with van der Waals surface area (Å²) in [5, 5.41) is 0. The van der Waals surface area contributed by atoms with Crippen LogP contribution in [0.4, 0.5) is 0 Å². The summed E-state index contributed by atoms with van der Waals surface area (Å²) in [4.78, 5) is 17.6. The lowest BCUT2D eigenvalue weighted by Crippen LogP contribution is -2.47. The predicted molar refractivity (Wildman–Crippen MR) is 96.5 cm³/mol. The molecule has 25 heavy (non-hydrogen) atoms. The van der Waals surface area contributed by atoms with E-state index in [1.165, 1.54) is 0 Å². The molecule has 5 heteroatoms. The monoisotopic (exact) mass is 342 g/mol. The van der Waals surface area contributed by atoms with Crippen LogP contribution in [0.25, 0.3) is 6.08 Å². The van der Waals surface area contributed by atoms with E-state index in [-0.39, 0.29) is 5.91 Å². The maximum Gasteiger partial charge on any atom is 0.253 e. The Kier molecular flexibility index (Phi) is 4.77. The van der Waals surface area contributed by atoms with Crippen molar-refractivity contribution in [2.24, 2.45) is 5.92 Å². The highest BCUT2D eigenvalue weighted by Gasteiger charge is 2.39. The molecule has 134 valence electrons. The van der Waals surface area contributed by atoms with Crippen molar-refractivity contribution in [1.29, 1.82) is 0 Å². The Morgan fingerprint density at radius 1 is 1.20 bits per heavy atom. The van der Waals surface area contributed by atoms with E-state index in [2.05, 4.69) is 11.8 Å². The van der Waals surface area contributed by atoms with Gasteiger partial charge >= 0.3 is 0 Å². The summed E-state index contributed by atoms with van der Waals surface area (Å²) in [5.41, 5.74) is 1.75. The summed E-state index contributed by atoms with van der Waals surface area (Å²) in [7, 11) is 0. The second kappa shape index (κ2) is 7.18. The number of nitrogens with zero attached hydrogens (tertiary/aromatic N) is 2. The molecule has 0 radical (unpaired) electrons. The zero-order chi connectivity index (χ0) is 17.2. The Bertz CT molecular complexity index is 667. The maximum absolute atomic E-state index is 13.0. The van der Waals surface area contributed by atoms with Crippen molar-refractivity contribution >= 4 is 12.0 Å². The van der Waals surface area contributed by atoms with Crippen molar-refractivity contribution in [3.05, 3.63) is 35.4 Å². The van der Waals surface area contributed by atoms with Crippen molar-refractivity contribution in [2.45, 2.75) is 19.4 Å². The molecule has 3 heterocycles. The van der Waals surface area contributed by atoms with Crippen LogP contribution in [-0.2, 0) is 9.53 Å². The predicted octanol–water partition coefficient (Wildman–Crippen LogP) is 2.03. The number of morpholine rings is 1. The van der Waals surface area contributed by atoms with E-state index in [1.54, 1.807) is 0 Å². The summed E-state index contributed by atoms with van der Waals surface area (Å²) >= 11 is 0. The minimum absolute atomic E-state index is 0.128. The highest BCUT2D eigenvalue weighted by atomic mass is 16.5. The van der Waals surface area contributed by atoms with Gasteiger partial charge in [-0.3, -0.25) is 9.69 Å². The minimum Gasteiger partial charge on any atom is -0.488 e. The zero-order valence-corrected chi connectivity index (χ0v) is 14.8. The van der Waals surface area contributed by atoms with E-state index >= 15 is 0 Å². The second-order valence-corrected chi connectivity index (χ2v) is 7.09. The first-order valence-electron chi connectivity index (χ1n) is 9.29. The number of carbonyl (C=O) groups is 1. The number of ether oxygens (including phenoxy) is 2. The third kappa shape index (κ3) is 3.31. The molecule has 0 bridgehead atoms. The van der Waals surface area contributed by atoms with Crippen LogP contribution in [-0.4, -0.2) is 67.7 Å². The standard InChI is InChI=1S/C20H26N2O3/c1-2-15-12-22(13-18(15)21-7-9-24-10-8-21)20(23)17-11-16-5-3-4-6-19(16)25-14-17/h3-6,11,15,18H,2,7-10,12-14H2,1H3/t15-,18-/m0/s1. The third-order valence-electron chi connectivity index (χ3n) is 5.64. The van der Waals surface area contributed by atoms with Gasteiger partial charge in [-0.05, 0) is 18.1 Å². The molecule has 4 rings (SSSR count). The number of benzene rings is 1. The molecular formula is C20H26N2O3. The first kappa shape index (κ1) is 16.6. The second-order valence-electron chi connectivity index (χ2n) is 7.09. The van der Waals surface area contributed by atoms with Crippen LogP contribution in [0.5, 0.6) is 5.75 Å². The number of likely N-dealkylation sites (tertiary alicyclic amines) is 1. The van der Waals surface area contributed by atoms with E-state index in [0.717, 1.165) is 62.7 Å². The summed E-state index contributed by atoms with van der Waals surface area (Å²) < 4.78 is 11.3. The normalized spacial score (nSPS) is 26.8. The number of rotatable bonds is 3. The highest BCUT2D eigenvalue weighted by Crippen LogP contribution is 2.30. The van der Waals surface area contributed by atoms with Gasteiger partial charge in [0.1, 0.15) is 12.4 Å². The van der Waals surface area contributed by atoms with Crippen LogP contribution in [0.3, 0.4) is 0 Å². The zero-order valence-electron chi connectivity index (χ0n) is 14.8. The van der Waals surface area contributed by atoms with Gasteiger partial charge in [0.25, 0.3) is 5.91 Å². The lowest BCUT2D eigenvalue weighted by atomic mass is 9.99. The smallest absolute Gasteiger partial charge is 0.253 e. The van der Waals surface area contributed by atoms with Crippen LogP contribution < -0.4 is 4.74 Å². The molecule has 3 aliphatic rings. The van der Waals surface area contributed by atoms with E-state index in [1.807, 2.05) is 35.2 Å². The molecule has 5 nitrogen and oxygen atoms in total. The highest BCUT2D eigenvalue weighted by molar-refractivity contribution is 5.99. The van der Waals surface area contributed by atoms with Gasteiger partial charge in [-0.15, -0.1) is 0 Å². The van der Waals surface area contributed by atoms with E-state index in [0.29, 0.717) is 18.6 Å². The molecule has 2 saturated heterocycles. The minimum atomic E-state index is 0.128. The van der Waals surface area contributed by atoms with Gasteiger partial charge in [-0.25, -0.2) is 0 Å². The molecule has 0 aliphatic carbocycles. The number of para-hydroxylation sites is 1. The summed E-state index contributed by atoms with van der Waals surface area (Å²) in [6.45, 7) is 7.81. The van der Waals surface area contributed by atoms with Crippen LogP contribution in [0.1, 0.15) is 18.9 Å². The Balaban J connectivity index is 1.48. The topological polar surface area (TPSA) is 42.0 Å². The van der Waals surface area contributed by atoms with Gasteiger partial charge in [0, 0.05) is 37.8 Å². The summed E-state index contributed by atoms with van der Waals surface area (Å²) in [6.07, 6.45) is 3.09. The van der Waals surface area contributed by atoms with Gasteiger partial charge < -0.3 is 14.4 Å². The molecule has 2 fully saturated rings. The molecule has 1 aromatic rings. The van der Waals surface area contributed by atoms with Crippen LogP contribution in [0, 0.1) is 5.92 Å². The number of hydrogen-bond donors (Lipinski definition) is 0. The Morgan fingerprint density at radius 2 is 2.00 bits per heavy atom. The third-order valence-corrected chi connectivity index (χ3v) is 5.64. The first-order chi connectivity index (χ1) is 12.3. The molecule has 0 spiro atoms. The number of amides is 1. The van der Waals surface area contributed by atoms with Gasteiger partial charge in [0.05, 0.1) is 18.8 Å². The summed E-state index contributed by atoms with van der Waals surface area (Å²) in [5.74, 6) is 1.53. The Morgan fingerprint density at radius 3 is 2.80 bits per heavy atom. The van der Waals surface area contributed by atoms with Gasteiger partial charge in [-0.2, -0.15) is 0 Å². The first-order valence-corrected chi connectivity index (χ1v) is 9.29. The SMILES string of the molecule is CC[C@H]1CN(C(=O)C2=Cc3ccccc3OC2)C[C@@H]1N1CCOCC1. The summed E-state index contributed by atoms with van der Waals surface area (Å²) in [6, 6.07) is 8.33. The molecular weight excluding hydrogens is 316 g/mol. The van der Waals surface area contributed by atoms with Crippen LogP contribution in [0.2, 0.25) is 0 Å². The molecule has 0 saturated carbocycles. The molecule has 1 aromatic carbocycles. The van der Waals surface area contributed by atoms with Gasteiger partial charge in [-0.1, -0.05) is 31.5 Å². The average molecular weight is 342 g/mol. The lowest BCUT2D eigenvalue weighted by Gasteiger charge is -2.34. The fourth-order valence-electron chi connectivity index (χ4n) is 4.19. The molecule has 0 unspecified atom stereocenters. The molecule has 0 N–H and O–H groups in total. The molecule has 0 aromatic heterocycles. The van der Waals surface area contributed by atoms with Crippen molar-refractivity contribution < 1.29 is 14.3 Å². The molecule has 3 aliphatic heterocycles. The molecule has 2 atom stereocenters. The Labute approximate surface area is 149 Å². The largest absolute Gasteiger partial charge is 0.488 e. The maximum atomic E-state index is 13.0.